The molecule has 0 heterocycles. The first-order valence-corrected chi connectivity index (χ1v) is 10.4. The number of hydrogen-bond donors (Lipinski definition) is 2. The summed E-state index contributed by atoms with van der Waals surface area (Å²) in [6.45, 7) is 0. The van der Waals surface area contributed by atoms with Crippen molar-refractivity contribution in [2.75, 3.05) is 5.32 Å². The number of benzene rings is 2. The van der Waals surface area contributed by atoms with Gasteiger partial charge in [0.2, 0.25) is 5.91 Å². The van der Waals surface area contributed by atoms with Crippen LogP contribution in [0.15, 0.2) is 53.0 Å². The first kappa shape index (κ1) is 21.2. The van der Waals surface area contributed by atoms with Crippen LogP contribution in [0.3, 0.4) is 0 Å². The third-order valence-corrected chi connectivity index (χ3v) is 5.89. The van der Waals surface area contributed by atoms with E-state index >= 15 is 0 Å². The lowest BCUT2D eigenvalue weighted by atomic mass is 9.69. The van der Waals surface area contributed by atoms with Crippen LogP contribution >= 0.6 is 15.9 Å². The quantitative estimate of drug-likeness (QED) is 0.534. The molecular weight excluding hydrogens is 437 g/mol. The van der Waals surface area contributed by atoms with Crippen LogP contribution in [0.1, 0.15) is 43.2 Å². The average Bonchev–Trinajstić information content (AvgIpc) is 2.69. The van der Waals surface area contributed by atoms with Crippen molar-refractivity contribution in [2.45, 2.75) is 38.5 Å². The number of anilines is 1. The number of aliphatic carboxylic acids is 1. The van der Waals surface area contributed by atoms with Gasteiger partial charge in [-0.25, -0.2) is 9.18 Å². The van der Waals surface area contributed by atoms with E-state index in [4.69, 9.17) is 5.11 Å². The number of halogens is 2. The smallest absolute Gasteiger partial charge is 0.328 e. The minimum absolute atomic E-state index is 0.112. The zero-order valence-corrected chi connectivity index (χ0v) is 17.5. The monoisotopic (exact) mass is 459 g/mol. The molecule has 152 valence electrons. The van der Waals surface area contributed by atoms with Crippen LogP contribution in [-0.2, 0) is 16.0 Å². The van der Waals surface area contributed by atoms with Gasteiger partial charge in [-0.1, -0.05) is 53.4 Å². The molecule has 3 rings (SSSR count). The average molecular weight is 460 g/mol. The minimum atomic E-state index is -1.03. The van der Waals surface area contributed by atoms with Crippen molar-refractivity contribution < 1.29 is 19.1 Å². The Labute approximate surface area is 178 Å². The Kier molecular flexibility index (Phi) is 6.85. The van der Waals surface area contributed by atoms with E-state index < -0.39 is 11.4 Å². The lowest BCUT2D eigenvalue weighted by Gasteiger charge is -2.36. The van der Waals surface area contributed by atoms with Gasteiger partial charge in [-0.15, -0.1) is 0 Å². The molecule has 29 heavy (non-hydrogen) atoms. The summed E-state index contributed by atoms with van der Waals surface area (Å²) in [7, 11) is 0. The van der Waals surface area contributed by atoms with E-state index in [1.807, 2.05) is 0 Å². The Morgan fingerprint density at radius 1 is 1.14 bits per heavy atom. The Morgan fingerprint density at radius 3 is 2.59 bits per heavy atom. The molecular formula is C23H23BrFNO3. The summed E-state index contributed by atoms with van der Waals surface area (Å²) in [6.07, 6.45) is 7.27. The molecule has 2 aromatic carbocycles. The fourth-order valence-corrected chi connectivity index (χ4v) is 4.23. The standard InChI is InChI=1S/C23H23BrFNO3/c24-18-9-8-17(20(25)14-18)15-23(11-2-1-3-12-23)22(29)26-19-6-4-5-16(13-19)7-10-21(27)28/h4-10,13-14H,1-3,11-12,15H2,(H,26,29)(H,27,28)/b10-7+. The molecule has 2 N–H and O–H groups in total. The van der Waals surface area contributed by atoms with Gasteiger partial charge < -0.3 is 10.4 Å². The van der Waals surface area contributed by atoms with E-state index in [-0.39, 0.29) is 11.7 Å². The Hall–Kier alpha value is -2.47. The summed E-state index contributed by atoms with van der Waals surface area (Å²) in [5.74, 6) is -1.45. The highest BCUT2D eigenvalue weighted by Gasteiger charge is 2.40. The van der Waals surface area contributed by atoms with Crippen molar-refractivity contribution in [3.63, 3.8) is 0 Å². The van der Waals surface area contributed by atoms with E-state index in [1.54, 1.807) is 36.4 Å². The fraction of sp³-hybridized carbons (Fsp3) is 0.304. The van der Waals surface area contributed by atoms with Gasteiger partial charge in [-0.05, 0) is 60.7 Å². The number of carboxylic acid groups (broad SMARTS) is 1. The summed E-state index contributed by atoms with van der Waals surface area (Å²) in [5, 5.41) is 11.8. The summed E-state index contributed by atoms with van der Waals surface area (Å²) < 4.78 is 15.1. The van der Waals surface area contributed by atoms with Crippen LogP contribution < -0.4 is 5.32 Å². The molecule has 1 aliphatic rings. The number of rotatable bonds is 6. The molecule has 0 aromatic heterocycles. The largest absolute Gasteiger partial charge is 0.478 e. The molecule has 1 aliphatic carbocycles. The highest BCUT2D eigenvalue weighted by Crippen LogP contribution is 2.41. The number of amides is 1. The molecule has 0 spiro atoms. The molecule has 1 saturated carbocycles. The van der Waals surface area contributed by atoms with Crippen LogP contribution in [0, 0.1) is 11.2 Å². The molecule has 6 heteroatoms. The van der Waals surface area contributed by atoms with Crippen molar-refractivity contribution in [1.82, 2.24) is 0 Å². The summed E-state index contributed by atoms with van der Waals surface area (Å²) in [5.41, 5.74) is 1.17. The number of carboxylic acids is 1. The van der Waals surface area contributed by atoms with Gasteiger partial charge >= 0.3 is 5.97 Å². The van der Waals surface area contributed by atoms with E-state index in [1.165, 1.54) is 12.1 Å². The first-order chi connectivity index (χ1) is 13.9. The lowest BCUT2D eigenvalue weighted by molar-refractivity contribution is -0.131. The number of hydrogen-bond acceptors (Lipinski definition) is 2. The maximum absolute atomic E-state index is 14.5. The van der Waals surface area contributed by atoms with Crippen molar-refractivity contribution >= 4 is 39.6 Å². The summed E-state index contributed by atoms with van der Waals surface area (Å²) >= 11 is 3.27. The fourth-order valence-electron chi connectivity index (χ4n) is 3.89. The third kappa shape index (κ3) is 5.54. The molecule has 2 aromatic rings. The third-order valence-electron chi connectivity index (χ3n) is 5.40. The molecule has 1 amide bonds. The second kappa shape index (κ2) is 9.35. The van der Waals surface area contributed by atoms with E-state index in [0.29, 0.717) is 40.5 Å². The van der Waals surface area contributed by atoms with Crippen LogP contribution in [0.25, 0.3) is 6.08 Å². The van der Waals surface area contributed by atoms with Crippen LogP contribution in [0.2, 0.25) is 0 Å². The lowest BCUT2D eigenvalue weighted by Crippen LogP contribution is -2.40. The van der Waals surface area contributed by atoms with E-state index in [2.05, 4.69) is 21.2 Å². The predicted molar refractivity (Wildman–Crippen MR) is 115 cm³/mol. The highest BCUT2D eigenvalue weighted by atomic mass is 79.9. The molecule has 4 nitrogen and oxygen atoms in total. The molecule has 0 unspecified atom stereocenters. The van der Waals surface area contributed by atoms with E-state index in [0.717, 1.165) is 25.3 Å². The molecule has 0 bridgehead atoms. The van der Waals surface area contributed by atoms with Gasteiger partial charge in [0.25, 0.3) is 0 Å². The summed E-state index contributed by atoms with van der Waals surface area (Å²) in [6, 6.07) is 12.0. The van der Waals surface area contributed by atoms with Gasteiger partial charge in [0.1, 0.15) is 5.82 Å². The van der Waals surface area contributed by atoms with Crippen molar-refractivity contribution in [3.8, 4) is 0 Å². The van der Waals surface area contributed by atoms with Crippen molar-refractivity contribution in [3.05, 3.63) is 70.0 Å². The molecule has 0 atom stereocenters. The van der Waals surface area contributed by atoms with Crippen LogP contribution in [0.4, 0.5) is 10.1 Å². The zero-order chi connectivity index (χ0) is 20.9. The van der Waals surface area contributed by atoms with Gasteiger partial charge in [0.15, 0.2) is 0 Å². The second-order valence-electron chi connectivity index (χ2n) is 7.50. The van der Waals surface area contributed by atoms with Crippen LogP contribution in [-0.4, -0.2) is 17.0 Å². The Balaban J connectivity index is 1.83. The number of nitrogens with one attached hydrogen (secondary N) is 1. The Bertz CT molecular complexity index is 935. The van der Waals surface area contributed by atoms with Gasteiger partial charge in [-0.3, -0.25) is 4.79 Å². The Morgan fingerprint density at radius 2 is 1.90 bits per heavy atom. The normalized spacial score (nSPS) is 15.9. The first-order valence-electron chi connectivity index (χ1n) is 9.64. The predicted octanol–water partition coefficient (Wildman–Crippen LogP) is 5.82. The number of carbonyl (C=O) groups excluding carboxylic acids is 1. The van der Waals surface area contributed by atoms with Gasteiger partial charge in [-0.2, -0.15) is 0 Å². The number of carbonyl (C=O) groups is 2. The van der Waals surface area contributed by atoms with Crippen molar-refractivity contribution in [2.24, 2.45) is 5.41 Å². The second-order valence-corrected chi connectivity index (χ2v) is 8.42. The topological polar surface area (TPSA) is 66.4 Å². The molecule has 0 radical (unpaired) electrons. The van der Waals surface area contributed by atoms with E-state index in [9.17, 15) is 14.0 Å². The minimum Gasteiger partial charge on any atom is -0.478 e. The van der Waals surface area contributed by atoms with Gasteiger partial charge in [0.05, 0.1) is 5.41 Å². The van der Waals surface area contributed by atoms with Crippen LogP contribution in [0.5, 0.6) is 0 Å². The van der Waals surface area contributed by atoms with Gasteiger partial charge in [0, 0.05) is 16.2 Å². The summed E-state index contributed by atoms with van der Waals surface area (Å²) in [4.78, 5) is 24.0. The molecule has 1 fully saturated rings. The molecule has 0 saturated heterocycles. The highest BCUT2D eigenvalue weighted by molar-refractivity contribution is 9.10. The SMILES string of the molecule is O=C(O)/C=C/c1cccc(NC(=O)C2(Cc3ccc(Br)cc3F)CCCCC2)c1. The zero-order valence-electron chi connectivity index (χ0n) is 16.0. The maximum Gasteiger partial charge on any atom is 0.328 e. The molecule has 0 aliphatic heterocycles. The van der Waals surface area contributed by atoms with Crippen molar-refractivity contribution in [1.29, 1.82) is 0 Å². The maximum atomic E-state index is 14.5.